The molecule has 1 fully saturated rings. The molecule has 0 spiro atoms. The van der Waals surface area contributed by atoms with Gasteiger partial charge in [-0.2, -0.15) is 0 Å². The van der Waals surface area contributed by atoms with Crippen molar-refractivity contribution in [3.05, 3.63) is 59.1 Å². The van der Waals surface area contributed by atoms with Crippen LogP contribution in [0.1, 0.15) is 23.2 Å². The maximum absolute atomic E-state index is 12.9. The van der Waals surface area contributed by atoms with E-state index in [1.54, 1.807) is 30.1 Å². The van der Waals surface area contributed by atoms with Crippen LogP contribution in [0, 0.1) is 5.92 Å². The van der Waals surface area contributed by atoms with Gasteiger partial charge in [0.05, 0.1) is 10.8 Å². The van der Waals surface area contributed by atoms with Gasteiger partial charge in [0.1, 0.15) is 0 Å². The molecule has 29 heavy (non-hydrogen) atoms. The first kappa shape index (κ1) is 21.1. The summed E-state index contributed by atoms with van der Waals surface area (Å²) in [5.41, 5.74) is 0.643. The number of benzene rings is 2. The Balaban J connectivity index is 1.76. The number of nitrogens with one attached hydrogen (secondary N) is 2. The van der Waals surface area contributed by atoms with Gasteiger partial charge in [-0.1, -0.05) is 17.7 Å². The first-order valence-corrected chi connectivity index (χ1v) is 11.1. The fourth-order valence-corrected chi connectivity index (χ4v) is 4.48. The number of nitrogens with zero attached hydrogens (tertiary/aromatic N) is 1. The van der Waals surface area contributed by atoms with E-state index in [4.69, 9.17) is 11.6 Å². The van der Waals surface area contributed by atoms with Gasteiger partial charge in [0.15, 0.2) is 0 Å². The van der Waals surface area contributed by atoms with Gasteiger partial charge in [-0.3, -0.25) is 14.3 Å². The second-order valence-electron chi connectivity index (χ2n) is 6.84. The molecule has 2 aromatic carbocycles. The predicted octanol–water partition coefficient (Wildman–Crippen LogP) is 2.74. The van der Waals surface area contributed by atoms with Crippen LogP contribution in [0.2, 0.25) is 5.02 Å². The van der Waals surface area contributed by atoms with Crippen LogP contribution in [-0.2, 0) is 14.8 Å². The molecular weight excluding hydrogens is 414 g/mol. The van der Waals surface area contributed by atoms with Crippen LogP contribution in [0.15, 0.2) is 53.4 Å². The summed E-state index contributed by atoms with van der Waals surface area (Å²) < 4.78 is 27.6. The monoisotopic (exact) mass is 435 g/mol. The van der Waals surface area contributed by atoms with Gasteiger partial charge in [-0.25, -0.2) is 8.42 Å². The predicted molar refractivity (Wildman–Crippen MR) is 111 cm³/mol. The zero-order valence-corrected chi connectivity index (χ0v) is 17.5. The normalized spacial score (nSPS) is 16.9. The number of piperidine rings is 1. The summed E-state index contributed by atoms with van der Waals surface area (Å²) in [6, 6.07) is 12.1. The SMILES string of the molecule is CNC(=O)C1CCCN(C(=O)c2cccc(NS(=O)(=O)c3ccc(Cl)cc3)c2)C1. The first-order chi connectivity index (χ1) is 13.8. The Kier molecular flexibility index (Phi) is 6.44. The minimum absolute atomic E-state index is 0.0723. The number of rotatable bonds is 5. The van der Waals surface area contributed by atoms with E-state index in [9.17, 15) is 18.0 Å². The van der Waals surface area contributed by atoms with Crippen LogP contribution in [0.25, 0.3) is 0 Å². The van der Waals surface area contributed by atoms with E-state index in [0.29, 0.717) is 23.7 Å². The topological polar surface area (TPSA) is 95.6 Å². The molecule has 2 N–H and O–H groups in total. The lowest BCUT2D eigenvalue weighted by Gasteiger charge is -2.32. The summed E-state index contributed by atoms with van der Waals surface area (Å²) in [6.45, 7) is 0.909. The first-order valence-electron chi connectivity index (χ1n) is 9.19. The van der Waals surface area contributed by atoms with Crippen LogP contribution in [-0.4, -0.2) is 45.3 Å². The quantitative estimate of drug-likeness (QED) is 0.754. The van der Waals surface area contributed by atoms with E-state index in [0.717, 1.165) is 12.8 Å². The van der Waals surface area contributed by atoms with E-state index >= 15 is 0 Å². The highest BCUT2D eigenvalue weighted by molar-refractivity contribution is 7.92. The van der Waals surface area contributed by atoms with Crippen molar-refractivity contribution in [2.24, 2.45) is 5.92 Å². The molecule has 3 rings (SSSR count). The number of hydrogen-bond donors (Lipinski definition) is 2. The molecule has 0 aliphatic carbocycles. The highest BCUT2D eigenvalue weighted by atomic mass is 35.5. The average molecular weight is 436 g/mol. The Hall–Kier alpha value is -2.58. The number of carbonyl (C=O) groups is 2. The average Bonchev–Trinajstić information content (AvgIpc) is 2.73. The lowest BCUT2D eigenvalue weighted by Crippen LogP contribution is -2.44. The molecule has 7 nitrogen and oxygen atoms in total. The Morgan fingerprint density at radius 3 is 2.55 bits per heavy atom. The molecule has 2 amide bonds. The molecule has 2 aromatic rings. The molecular formula is C20H22ClN3O4S. The Labute approximate surface area is 175 Å². The van der Waals surface area contributed by atoms with Gasteiger partial charge >= 0.3 is 0 Å². The molecule has 1 saturated heterocycles. The largest absolute Gasteiger partial charge is 0.359 e. The zero-order valence-electron chi connectivity index (χ0n) is 15.9. The van der Waals surface area contributed by atoms with Crippen LogP contribution in [0.5, 0.6) is 0 Å². The summed E-state index contributed by atoms with van der Waals surface area (Å²) in [5, 5.41) is 3.06. The third kappa shape index (κ3) is 5.07. The Bertz CT molecular complexity index is 1010. The second kappa shape index (κ2) is 8.84. The lowest BCUT2D eigenvalue weighted by molar-refractivity contribution is -0.125. The van der Waals surface area contributed by atoms with Gasteiger partial charge in [0, 0.05) is 36.4 Å². The molecule has 154 valence electrons. The fraction of sp³-hybridized carbons (Fsp3) is 0.300. The molecule has 9 heteroatoms. The van der Waals surface area contributed by atoms with Gasteiger partial charge in [-0.15, -0.1) is 0 Å². The summed E-state index contributed by atoms with van der Waals surface area (Å²) in [6.07, 6.45) is 1.48. The van der Waals surface area contributed by atoms with Crippen LogP contribution in [0.4, 0.5) is 5.69 Å². The number of anilines is 1. The number of likely N-dealkylation sites (tertiary alicyclic amines) is 1. The van der Waals surface area contributed by atoms with Gasteiger partial charge < -0.3 is 10.2 Å². The summed E-state index contributed by atoms with van der Waals surface area (Å²) in [4.78, 5) is 26.5. The van der Waals surface area contributed by atoms with E-state index in [1.165, 1.54) is 30.3 Å². The van der Waals surface area contributed by atoms with Crippen molar-refractivity contribution >= 4 is 39.1 Å². The highest BCUT2D eigenvalue weighted by Gasteiger charge is 2.28. The van der Waals surface area contributed by atoms with Crippen LogP contribution < -0.4 is 10.0 Å². The standard InChI is InChI=1S/C20H22ClN3O4S/c1-22-19(25)15-5-3-11-24(13-15)20(26)14-4-2-6-17(12-14)23-29(27,28)18-9-7-16(21)8-10-18/h2,4,6-10,12,15,23H,3,5,11,13H2,1H3,(H,22,25). The number of halogens is 1. The summed E-state index contributed by atoms with van der Waals surface area (Å²) >= 11 is 5.81. The smallest absolute Gasteiger partial charge is 0.261 e. The van der Waals surface area contributed by atoms with Crippen molar-refractivity contribution in [2.75, 3.05) is 24.9 Å². The molecule has 1 aliphatic rings. The van der Waals surface area contributed by atoms with E-state index in [1.807, 2.05) is 0 Å². The van der Waals surface area contributed by atoms with E-state index in [-0.39, 0.29) is 28.3 Å². The van der Waals surface area contributed by atoms with Crippen molar-refractivity contribution in [1.82, 2.24) is 10.2 Å². The van der Waals surface area contributed by atoms with E-state index < -0.39 is 10.0 Å². The van der Waals surface area contributed by atoms with Crippen molar-refractivity contribution in [3.8, 4) is 0 Å². The molecule has 1 aliphatic heterocycles. The number of amides is 2. The fourth-order valence-electron chi connectivity index (χ4n) is 3.31. The maximum atomic E-state index is 12.9. The highest BCUT2D eigenvalue weighted by Crippen LogP contribution is 2.22. The molecule has 0 aromatic heterocycles. The third-order valence-electron chi connectivity index (χ3n) is 4.81. The minimum Gasteiger partial charge on any atom is -0.359 e. The van der Waals surface area contributed by atoms with Crippen LogP contribution in [0.3, 0.4) is 0 Å². The van der Waals surface area contributed by atoms with Crippen molar-refractivity contribution < 1.29 is 18.0 Å². The van der Waals surface area contributed by atoms with E-state index in [2.05, 4.69) is 10.0 Å². The molecule has 0 bridgehead atoms. The Morgan fingerprint density at radius 1 is 1.14 bits per heavy atom. The van der Waals surface area contributed by atoms with Gasteiger partial charge in [-0.05, 0) is 55.3 Å². The molecule has 1 unspecified atom stereocenters. The third-order valence-corrected chi connectivity index (χ3v) is 6.46. The summed E-state index contributed by atoms with van der Waals surface area (Å²) in [5.74, 6) is -0.539. The van der Waals surface area contributed by atoms with Gasteiger partial charge in [0.2, 0.25) is 5.91 Å². The van der Waals surface area contributed by atoms with Crippen molar-refractivity contribution in [1.29, 1.82) is 0 Å². The lowest BCUT2D eigenvalue weighted by atomic mass is 9.96. The van der Waals surface area contributed by atoms with Crippen LogP contribution >= 0.6 is 11.6 Å². The summed E-state index contributed by atoms with van der Waals surface area (Å²) in [7, 11) is -2.22. The number of hydrogen-bond acceptors (Lipinski definition) is 4. The molecule has 0 radical (unpaired) electrons. The second-order valence-corrected chi connectivity index (χ2v) is 8.96. The Morgan fingerprint density at radius 2 is 1.86 bits per heavy atom. The molecule has 1 heterocycles. The number of carbonyl (C=O) groups excluding carboxylic acids is 2. The number of sulfonamides is 1. The minimum atomic E-state index is -3.81. The molecule has 0 saturated carbocycles. The maximum Gasteiger partial charge on any atom is 0.261 e. The van der Waals surface area contributed by atoms with Crippen molar-refractivity contribution in [3.63, 3.8) is 0 Å². The van der Waals surface area contributed by atoms with Gasteiger partial charge in [0.25, 0.3) is 15.9 Å². The molecule has 1 atom stereocenters. The van der Waals surface area contributed by atoms with Crippen molar-refractivity contribution in [2.45, 2.75) is 17.7 Å². The zero-order chi connectivity index (χ0) is 21.0.